The predicted octanol–water partition coefficient (Wildman–Crippen LogP) is 7.65. The van der Waals surface area contributed by atoms with E-state index in [1.54, 1.807) is 29.2 Å². The molecule has 6 aromatic rings. The molecular formula is C42H42N8O5. The Morgan fingerprint density at radius 1 is 0.727 bits per heavy atom. The van der Waals surface area contributed by atoms with Crippen LogP contribution >= 0.6 is 0 Å². The van der Waals surface area contributed by atoms with E-state index in [1.807, 2.05) is 23.1 Å². The van der Waals surface area contributed by atoms with Crippen LogP contribution in [0.4, 0.5) is 15.3 Å². The highest BCUT2D eigenvalue weighted by molar-refractivity contribution is 5.94. The molecule has 0 unspecified atom stereocenters. The Kier molecular flexibility index (Phi) is 9.14. The lowest BCUT2D eigenvalue weighted by Crippen LogP contribution is -2.52. The fraction of sp³-hybridized carbons (Fsp3) is 0.310. The number of rotatable bonds is 6. The van der Waals surface area contributed by atoms with Gasteiger partial charge in [-0.2, -0.15) is 5.01 Å². The summed E-state index contributed by atoms with van der Waals surface area (Å²) < 4.78 is 10.5. The Labute approximate surface area is 317 Å². The fourth-order valence-electron chi connectivity index (χ4n) is 8.21. The van der Waals surface area contributed by atoms with Crippen molar-refractivity contribution in [1.29, 1.82) is 0 Å². The van der Waals surface area contributed by atoms with Crippen LogP contribution in [0.25, 0.3) is 44.3 Å². The van der Waals surface area contributed by atoms with E-state index in [-0.39, 0.29) is 30.1 Å². The molecule has 3 saturated heterocycles. The maximum atomic E-state index is 13.9. The van der Waals surface area contributed by atoms with Crippen LogP contribution in [-0.4, -0.2) is 80.7 Å². The van der Waals surface area contributed by atoms with E-state index in [2.05, 4.69) is 63.9 Å². The summed E-state index contributed by atoms with van der Waals surface area (Å²) in [4.78, 5) is 59.8. The molecular weight excluding hydrogens is 697 g/mol. The molecule has 3 atom stereocenters. The fourth-order valence-corrected chi connectivity index (χ4v) is 8.21. The number of amides is 4. The number of aromatic nitrogens is 4. The molecule has 55 heavy (non-hydrogen) atoms. The van der Waals surface area contributed by atoms with Gasteiger partial charge in [-0.15, -0.1) is 0 Å². The van der Waals surface area contributed by atoms with Crippen molar-refractivity contribution >= 4 is 45.8 Å². The van der Waals surface area contributed by atoms with Crippen molar-refractivity contribution in [3.05, 3.63) is 103 Å². The first kappa shape index (κ1) is 34.6. The molecule has 0 spiro atoms. The van der Waals surface area contributed by atoms with E-state index in [9.17, 15) is 14.4 Å². The lowest BCUT2D eigenvalue weighted by molar-refractivity contribution is -0.142. The summed E-state index contributed by atoms with van der Waals surface area (Å²) in [6, 6.07) is 29.1. The molecule has 4 aromatic carbocycles. The Bertz CT molecular complexity index is 2370. The smallest absolute Gasteiger partial charge is 0.426 e. The number of ether oxygens (including phenoxy) is 2. The summed E-state index contributed by atoms with van der Waals surface area (Å²) in [5.41, 5.74) is 10.9. The number of carbonyl (C=O) groups is 3. The molecule has 0 aliphatic carbocycles. The molecule has 0 radical (unpaired) electrons. The Morgan fingerprint density at radius 3 is 1.85 bits per heavy atom. The number of nitrogens with zero attached hydrogens (tertiary/aromatic N) is 5. The first-order valence-electron chi connectivity index (χ1n) is 19.0. The number of para-hydroxylation sites is 1. The highest BCUT2D eigenvalue weighted by atomic mass is 16.5. The van der Waals surface area contributed by atoms with E-state index < -0.39 is 6.09 Å². The summed E-state index contributed by atoms with van der Waals surface area (Å²) in [5, 5.41) is 1.22. The second-order valence-corrected chi connectivity index (χ2v) is 14.4. The molecule has 280 valence electrons. The van der Waals surface area contributed by atoms with Crippen LogP contribution in [0.15, 0.2) is 91.0 Å². The van der Waals surface area contributed by atoms with Gasteiger partial charge in [0, 0.05) is 19.7 Å². The minimum atomic E-state index is -0.735. The zero-order valence-electron chi connectivity index (χ0n) is 30.5. The van der Waals surface area contributed by atoms with E-state index in [0.717, 1.165) is 95.2 Å². The van der Waals surface area contributed by atoms with Crippen molar-refractivity contribution in [3.8, 4) is 22.3 Å². The Balaban J connectivity index is 0.916. The number of methoxy groups -OCH3 is 1. The van der Waals surface area contributed by atoms with Gasteiger partial charge in [0.15, 0.2) is 0 Å². The SMILES string of the molecule is COC(=O)NN(C(=O)N1CCC[C@H]1c1nc2ccc(-c3ccc(-c4ccc5nc([C@@H]6CCCN6C(=O)[C@@H]6CCCO6)[nH]c5c4)cc3)cc2[nH]1)c1ccccc1. The topological polar surface area (TPSA) is 149 Å². The average Bonchev–Trinajstić information content (AvgIpc) is 4.08. The lowest BCUT2D eigenvalue weighted by atomic mass is 10.00. The molecule has 13 nitrogen and oxygen atoms in total. The van der Waals surface area contributed by atoms with Crippen molar-refractivity contribution in [2.75, 3.05) is 31.8 Å². The molecule has 0 bridgehead atoms. The molecule has 0 saturated carbocycles. The van der Waals surface area contributed by atoms with Gasteiger partial charge in [-0.25, -0.2) is 25.0 Å². The molecule has 4 amide bonds. The van der Waals surface area contributed by atoms with Crippen LogP contribution in [0.5, 0.6) is 0 Å². The van der Waals surface area contributed by atoms with Gasteiger partial charge in [-0.3, -0.25) is 4.79 Å². The summed E-state index contributed by atoms with van der Waals surface area (Å²) >= 11 is 0. The average molecular weight is 739 g/mol. The van der Waals surface area contributed by atoms with Gasteiger partial charge < -0.3 is 29.2 Å². The van der Waals surface area contributed by atoms with Crippen LogP contribution in [0.1, 0.15) is 62.3 Å². The third-order valence-electron chi connectivity index (χ3n) is 11.0. The van der Waals surface area contributed by atoms with Crippen LogP contribution < -0.4 is 10.4 Å². The standard InChI is InChI=1S/C42H42N8O5/c1-54-41(52)47-50(30-8-3-2-4-9-30)42(53)49-22-6-11-36(49)39-44-32-20-18-29(25-34(32)46-39)27-15-13-26(14-16-27)28-17-19-31-33(24-28)45-38(43-31)35-10-5-21-48(35)40(51)37-12-7-23-55-37/h2-4,8-9,13-20,24-25,35-37H,5-7,10-12,21-23H2,1H3,(H,43,45)(H,44,46)(H,47,52)/t35-,36-,37-/m0/s1. The normalized spacial score (nSPS) is 19.7. The quantitative estimate of drug-likeness (QED) is 0.149. The molecule has 3 aliphatic rings. The number of carbonyl (C=O) groups excluding carboxylic acids is 3. The Morgan fingerprint density at radius 2 is 1.29 bits per heavy atom. The van der Waals surface area contributed by atoms with Crippen LogP contribution in [0, 0.1) is 0 Å². The number of nitrogens with one attached hydrogen (secondary N) is 3. The minimum absolute atomic E-state index is 0.0601. The largest absolute Gasteiger partial charge is 0.452 e. The number of hydrazine groups is 1. The maximum Gasteiger partial charge on any atom is 0.426 e. The van der Waals surface area contributed by atoms with Gasteiger partial charge in [0.05, 0.1) is 46.9 Å². The number of hydrogen-bond acceptors (Lipinski definition) is 7. The summed E-state index contributed by atoms with van der Waals surface area (Å²) in [6.45, 7) is 1.91. The van der Waals surface area contributed by atoms with Crippen LogP contribution in [0.2, 0.25) is 0 Å². The molecule has 13 heteroatoms. The number of fused-ring (bicyclic) bond motifs is 2. The molecule has 9 rings (SSSR count). The third-order valence-corrected chi connectivity index (χ3v) is 11.0. The summed E-state index contributed by atoms with van der Waals surface area (Å²) in [6.07, 6.45) is 4.05. The highest BCUT2D eigenvalue weighted by Crippen LogP contribution is 2.36. The van der Waals surface area contributed by atoms with E-state index >= 15 is 0 Å². The van der Waals surface area contributed by atoms with E-state index in [0.29, 0.717) is 24.7 Å². The number of benzene rings is 4. The maximum absolute atomic E-state index is 13.9. The number of anilines is 1. The minimum Gasteiger partial charge on any atom is -0.452 e. The number of aromatic amines is 2. The zero-order valence-corrected chi connectivity index (χ0v) is 30.5. The molecule has 2 aromatic heterocycles. The molecule has 3 N–H and O–H groups in total. The summed E-state index contributed by atoms with van der Waals surface area (Å²) in [7, 11) is 1.26. The van der Waals surface area contributed by atoms with Crippen molar-refractivity contribution < 1.29 is 23.9 Å². The first-order valence-corrected chi connectivity index (χ1v) is 19.0. The van der Waals surface area contributed by atoms with E-state index in [1.165, 1.54) is 12.1 Å². The second-order valence-electron chi connectivity index (χ2n) is 14.4. The van der Waals surface area contributed by atoms with E-state index in [4.69, 9.17) is 19.4 Å². The van der Waals surface area contributed by atoms with Crippen molar-refractivity contribution in [2.45, 2.75) is 56.7 Å². The monoisotopic (exact) mass is 738 g/mol. The lowest BCUT2D eigenvalue weighted by Gasteiger charge is -2.30. The van der Waals surface area contributed by atoms with Crippen molar-refractivity contribution in [3.63, 3.8) is 0 Å². The number of hydrogen-bond donors (Lipinski definition) is 3. The number of likely N-dealkylation sites (tertiary alicyclic amines) is 2. The zero-order chi connectivity index (χ0) is 37.5. The van der Waals surface area contributed by atoms with Gasteiger partial charge >= 0.3 is 12.1 Å². The van der Waals surface area contributed by atoms with Crippen molar-refractivity contribution in [1.82, 2.24) is 35.2 Å². The van der Waals surface area contributed by atoms with Crippen LogP contribution in [0.3, 0.4) is 0 Å². The van der Waals surface area contributed by atoms with Gasteiger partial charge in [0.25, 0.3) is 5.91 Å². The highest BCUT2D eigenvalue weighted by Gasteiger charge is 2.38. The molecule has 3 fully saturated rings. The second kappa shape index (κ2) is 14.6. The Hall–Kier alpha value is -6.21. The first-order chi connectivity index (χ1) is 26.9. The summed E-state index contributed by atoms with van der Waals surface area (Å²) in [5.74, 6) is 1.62. The third kappa shape index (κ3) is 6.65. The number of urea groups is 1. The molecule has 3 aliphatic heterocycles. The van der Waals surface area contributed by atoms with Crippen molar-refractivity contribution in [2.24, 2.45) is 0 Å². The van der Waals surface area contributed by atoms with Gasteiger partial charge in [0.1, 0.15) is 17.8 Å². The van der Waals surface area contributed by atoms with Gasteiger partial charge in [0.2, 0.25) is 0 Å². The molecule has 5 heterocycles. The number of imidazole rings is 2. The van der Waals surface area contributed by atoms with Crippen LogP contribution in [-0.2, 0) is 14.3 Å². The van der Waals surface area contributed by atoms with Gasteiger partial charge in [-0.05, 0) is 97.2 Å². The van der Waals surface area contributed by atoms with Gasteiger partial charge in [-0.1, -0.05) is 54.6 Å². The number of H-pyrrole nitrogens is 2. The predicted molar refractivity (Wildman–Crippen MR) is 208 cm³/mol.